The van der Waals surface area contributed by atoms with E-state index in [-0.39, 0.29) is 6.04 Å². The van der Waals surface area contributed by atoms with E-state index in [1.54, 1.807) is 0 Å². The van der Waals surface area contributed by atoms with Crippen LogP contribution in [0.2, 0.25) is 16.6 Å². The maximum absolute atomic E-state index is 6.29. The number of hydrogen-bond donors (Lipinski definition) is 1. The fraction of sp³-hybridized carbons (Fsp3) is 1.00. The molecule has 0 saturated carbocycles. The number of nitrogens with two attached hydrogens (primary N) is 1. The van der Waals surface area contributed by atoms with E-state index < -0.39 is 8.32 Å². The molecule has 0 aromatic rings. The minimum absolute atomic E-state index is 0.146. The molecule has 92 valence electrons. The topological polar surface area (TPSA) is 35.2 Å². The lowest BCUT2D eigenvalue weighted by atomic mass is 10.4. The quantitative estimate of drug-likeness (QED) is 0.710. The molecule has 0 spiro atoms. The smallest absolute Gasteiger partial charge is 0.200 e. The maximum atomic E-state index is 6.29. The molecule has 3 heteroatoms. The van der Waals surface area contributed by atoms with E-state index in [0.29, 0.717) is 23.2 Å². The molecule has 0 aliphatic carbocycles. The van der Waals surface area contributed by atoms with Crippen molar-refractivity contribution in [2.75, 3.05) is 6.61 Å². The third-order valence-electron chi connectivity index (χ3n) is 3.30. The van der Waals surface area contributed by atoms with E-state index >= 15 is 0 Å². The van der Waals surface area contributed by atoms with Gasteiger partial charge in [0.2, 0.25) is 0 Å². The van der Waals surface area contributed by atoms with Crippen molar-refractivity contribution >= 4 is 8.32 Å². The predicted molar refractivity (Wildman–Crippen MR) is 70.6 cm³/mol. The van der Waals surface area contributed by atoms with Gasteiger partial charge in [-0.15, -0.1) is 0 Å². The van der Waals surface area contributed by atoms with Crippen LogP contribution in [0, 0.1) is 0 Å². The summed E-state index contributed by atoms with van der Waals surface area (Å²) in [5.41, 5.74) is 7.75. The van der Waals surface area contributed by atoms with Crippen LogP contribution in [0.1, 0.15) is 48.5 Å². The third kappa shape index (κ3) is 3.57. The van der Waals surface area contributed by atoms with E-state index in [1.165, 1.54) is 0 Å². The Balaban J connectivity index is 4.80. The SMILES string of the molecule is CC(C)[Si](OC[C@@H](C)N)(C(C)C)C(C)C. The van der Waals surface area contributed by atoms with Gasteiger partial charge in [0.05, 0.1) is 0 Å². The summed E-state index contributed by atoms with van der Waals surface area (Å²) >= 11 is 0. The van der Waals surface area contributed by atoms with Crippen molar-refractivity contribution in [1.29, 1.82) is 0 Å². The van der Waals surface area contributed by atoms with E-state index in [9.17, 15) is 0 Å². The van der Waals surface area contributed by atoms with Crippen molar-refractivity contribution in [2.45, 2.75) is 71.1 Å². The molecule has 0 aromatic carbocycles. The molecular formula is C12H29NOSi. The second kappa shape index (κ2) is 6.02. The Labute approximate surface area is 96.7 Å². The van der Waals surface area contributed by atoms with Crippen molar-refractivity contribution in [1.82, 2.24) is 0 Å². The lowest BCUT2D eigenvalue weighted by molar-refractivity contribution is 0.260. The number of rotatable bonds is 6. The lowest BCUT2D eigenvalue weighted by Crippen LogP contribution is -2.49. The molecule has 0 rings (SSSR count). The Morgan fingerprint density at radius 3 is 1.40 bits per heavy atom. The van der Waals surface area contributed by atoms with Gasteiger partial charge in [-0.2, -0.15) is 0 Å². The van der Waals surface area contributed by atoms with Crippen molar-refractivity contribution in [3.8, 4) is 0 Å². The first-order chi connectivity index (χ1) is 6.75. The fourth-order valence-corrected chi connectivity index (χ4v) is 8.33. The summed E-state index contributed by atoms with van der Waals surface area (Å²) in [6.45, 7) is 16.5. The molecule has 0 amide bonds. The predicted octanol–water partition coefficient (Wildman–Crippen LogP) is 3.53. The largest absolute Gasteiger partial charge is 0.414 e. The van der Waals surface area contributed by atoms with E-state index in [2.05, 4.69) is 41.5 Å². The summed E-state index contributed by atoms with van der Waals surface area (Å²) in [4.78, 5) is 0. The van der Waals surface area contributed by atoms with E-state index in [0.717, 1.165) is 0 Å². The van der Waals surface area contributed by atoms with Crippen LogP contribution in [0.4, 0.5) is 0 Å². The van der Waals surface area contributed by atoms with Crippen LogP contribution >= 0.6 is 0 Å². The van der Waals surface area contributed by atoms with Crippen molar-refractivity contribution in [2.24, 2.45) is 5.73 Å². The molecule has 0 bridgehead atoms. The molecule has 15 heavy (non-hydrogen) atoms. The summed E-state index contributed by atoms with van der Waals surface area (Å²) in [7, 11) is -1.67. The maximum Gasteiger partial charge on any atom is 0.200 e. The zero-order valence-corrected chi connectivity index (χ0v) is 12.5. The molecule has 0 heterocycles. The minimum atomic E-state index is -1.67. The third-order valence-corrected chi connectivity index (χ3v) is 9.38. The van der Waals surface area contributed by atoms with Crippen LogP contribution in [0.15, 0.2) is 0 Å². The molecule has 0 aliphatic rings. The zero-order chi connectivity index (χ0) is 12.2. The summed E-state index contributed by atoms with van der Waals surface area (Å²) < 4.78 is 6.29. The Morgan fingerprint density at radius 1 is 0.867 bits per heavy atom. The van der Waals surface area contributed by atoms with Crippen molar-refractivity contribution in [3.05, 3.63) is 0 Å². The summed E-state index contributed by atoms with van der Waals surface area (Å²) in [6, 6.07) is 0.146. The van der Waals surface area contributed by atoms with E-state index in [4.69, 9.17) is 10.2 Å². The van der Waals surface area contributed by atoms with Gasteiger partial charge in [0, 0.05) is 12.6 Å². The van der Waals surface area contributed by atoms with Gasteiger partial charge in [0.15, 0.2) is 8.32 Å². The summed E-state index contributed by atoms with van der Waals surface area (Å²) in [5, 5.41) is 0. The monoisotopic (exact) mass is 231 g/mol. The first-order valence-electron chi connectivity index (χ1n) is 6.14. The minimum Gasteiger partial charge on any atom is -0.414 e. The second-order valence-electron chi connectivity index (χ2n) is 5.61. The van der Waals surface area contributed by atoms with Crippen LogP contribution in [-0.2, 0) is 4.43 Å². The zero-order valence-electron chi connectivity index (χ0n) is 11.5. The Kier molecular flexibility index (Phi) is 6.07. The Morgan fingerprint density at radius 2 is 1.20 bits per heavy atom. The van der Waals surface area contributed by atoms with Gasteiger partial charge in [-0.1, -0.05) is 41.5 Å². The Bertz CT molecular complexity index is 157. The first kappa shape index (κ1) is 15.1. The van der Waals surface area contributed by atoms with E-state index in [1.807, 2.05) is 6.92 Å². The molecule has 0 aromatic heterocycles. The summed E-state index contributed by atoms with van der Waals surface area (Å²) in [6.07, 6.45) is 0. The van der Waals surface area contributed by atoms with Crippen molar-refractivity contribution in [3.63, 3.8) is 0 Å². The van der Waals surface area contributed by atoms with Crippen LogP contribution in [-0.4, -0.2) is 21.0 Å². The van der Waals surface area contributed by atoms with Gasteiger partial charge in [-0.05, 0) is 23.5 Å². The highest BCUT2D eigenvalue weighted by Crippen LogP contribution is 2.42. The molecule has 2 N–H and O–H groups in total. The lowest BCUT2D eigenvalue weighted by Gasteiger charge is -2.42. The molecule has 0 aliphatic heterocycles. The summed E-state index contributed by atoms with van der Waals surface area (Å²) in [5.74, 6) is 0. The molecular weight excluding hydrogens is 202 g/mol. The van der Waals surface area contributed by atoms with Gasteiger partial charge >= 0.3 is 0 Å². The molecule has 0 unspecified atom stereocenters. The molecule has 2 nitrogen and oxygen atoms in total. The molecule has 0 fully saturated rings. The molecule has 0 radical (unpaired) electrons. The van der Waals surface area contributed by atoms with Gasteiger partial charge in [0.25, 0.3) is 0 Å². The van der Waals surface area contributed by atoms with Gasteiger partial charge in [-0.3, -0.25) is 0 Å². The second-order valence-corrected chi connectivity index (χ2v) is 11.1. The molecule has 0 saturated heterocycles. The average molecular weight is 231 g/mol. The number of hydrogen-bond acceptors (Lipinski definition) is 2. The highest BCUT2D eigenvalue weighted by Gasteiger charge is 2.44. The van der Waals surface area contributed by atoms with Crippen molar-refractivity contribution < 1.29 is 4.43 Å². The van der Waals surface area contributed by atoms with Gasteiger partial charge in [-0.25, -0.2) is 0 Å². The fourth-order valence-electron chi connectivity index (χ4n) is 2.78. The van der Waals surface area contributed by atoms with Gasteiger partial charge in [0.1, 0.15) is 0 Å². The first-order valence-corrected chi connectivity index (χ1v) is 8.28. The highest BCUT2D eigenvalue weighted by molar-refractivity contribution is 6.77. The van der Waals surface area contributed by atoms with Crippen LogP contribution in [0.3, 0.4) is 0 Å². The average Bonchev–Trinajstić information content (AvgIpc) is 2.02. The Hall–Kier alpha value is 0.137. The normalized spacial score (nSPS) is 15.4. The van der Waals surface area contributed by atoms with Crippen LogP contribution in [0.25, 0.3) is 0 Å². The standard InChI is InChI=1S/C12H29NOSi/c1-9(2)15(10(3)4,11(5)6)14-8-12(7)13/h9-12H,8,13H2,1-7H3/t12-/m1/s1. The molecule has 1 atom stereocenters. The van der Waals surface area contributed by atoms with Crippen LogP contribution < -0.4 is 5.73 Å². The van der Waals surface area contributed by atoms with Crippen LogP contribution in [0.5, 0.6) is 0 Å². The van der Waals surface area contributed by atoms with Gasteiger partial charge < -0.3 is 10.2 Å². The highest BCUT2D eigenvalue weighted by atomic mass is 28.4.